The fraction of sp³-hybridized carbons (Fsp3) is 1.00. The molecule has 0 saturated carbocycles. The van der Waals surface area contributed by atoms with Crippen LogP contribution in [0.15, 0.2) is 0 Å². The van der Waals surface area contributed by atoms with Gasteiger partial charge in [0.25, 0.3) is 0 Å². The average molecular weight is 210 g/mol. The van der Waals surface area contributed by atoms with E-state index in [-0.39, 0.29) is 0 Å². The van der Waals surface area contributed by atoms with Crippen molar-refractivity contribution < 1.29 is 0 Å². The summed E-state index contributed by atoms with van der Waals surface area (Å²) in [5.41, 5.74) is 0. The number of rotatable bonds is 5. The first kappa shape index (κ1) is 11.4. The third-order valence-electron chi connectivity index (χ3n) is 3.93. The van der Waals surface area contributed by atoms with Crippen molar-refractivity contribution in [3.8, 4) is 0 Å². The van der Waals surface area contributed by atoms with E-state index in [0.29, 0.717) is 0 Å². The molecule has 0 aromatic carbocycles. The fourth-order valence-electron chi connectivity index (χ4n) is 3.11. The van der Waals surface area contributed by atoms with Crippen LogP contribution in [0.2, 0.25) is 0 Å². The van der Waals surface area contributed by atoms with E-state index in [1.807, 2.05) is 0 Å². The van der Waals surface area contributed by atoms with Crippen molar-refractivity contribution in [1.29, 1.82) is 0 Å². The molecule has 2 atom stereocenters. The van der Waals surface area contributed by atoms with Gasteiger partial charge in [-0.15, -0.1) is 0 Å². The van der Waals surface area contributed by atoms with Gasteiger partial charge in [0.1, 0.15) is 0 Å². The van der Waals surface area contributed by atoms with Crippen LogP contribution in [-0.4, -0.2) is 24.7 Å². The molecule has 2 saturated heterocycles. The van der Waals surface area contributed by atoms with Gasteiger partial charge in [-0.1, -0.05) is 26.2 Å². The van der Waals surface area contributed by atoms with Gasteiger partial charge in [-0.25, -0.2) is 0 Å². The quantitative estimate of drug-likeness (QED) is 0.681. The number of hydrogen-bond acceptors (Lipinski definition) is 2. The number of nitrogens with one attached hydrogen (secondary N) is 2. The summed E-state index contributed by atoms with van der Waals surface area (Å²) < 4.78 is 0. The molecule has 2 N–H and O–H groups in total. The summed E-state index contributed by atoms with van der Waals surface area (Å²) in [4.78, 5) is 0. The molecule has 15 heavy (non-hydrogen) atoms. The van der Waals surface area contributed by atoms with Crippen LogP contribution in [0, 0.1) is 0 Å². The smallest absolute Gasteiger partial charge is 0.00966 e. The van der Waals surface area contributed by atoms with E-state index in [2.05, 4.69) is 17.6 Å². The molecular weight excluding hydrogens is 184 g/mol. The van der Waals surface area contributed by atoms with Gasteiger partial charge in [0.15, 0.2) is 0 Å². The van der Waals surface area contributed by atoms with Gasteiger partial charge < -0.3 is 10.6 Å². The highest BCUT2D eigenvalue weighted by Crippen LogP contribution is 2.25. The number of unbranched alkanes of at least 4 members (excludes halogenated alkanes) is 2. The molecule has 2 aliphatic rings. The Morgan fingerprint density at radius 1 is 1.13 bits per heavy atom. The Hall–Kier alpha value is -0.0800. The minimum Gasteiger partial charge on any atom is -0.314 e. The first-order valence-corrected chi connectivity index (χ1v) is 6.88. The van der Waals surface area contributed by atoms with Gasteiger partial charge in [0, 0.05) is 18.1 Å². The van der Waals surface area contributed by atoms with Crippen LogP contribution in [0.5, 0.6) is 0 Å². The lowest BCUT2D eigenvalue weighted by Gasteiger charge is -2.40. The first-order chi connectivity index (χ1) is 7.38. The highest BCUT2D eigenvalue weighted by Gasteiger charge is 2.30. The van der Waals surface area contributed by atoms with E-state index in [9.17, 15) is 0 Å². The largest absolute Gasteiger partial charge is 0.314 e. The minimum absolute atomic E-state index is 0.804. The van der Waals surface area contributed by atoms with E-state index in [0.717, 1.165) is 18.1 Å². The third-order valence-corrected chi connectivity index (χ3v) is 3.93. The third kappa shape index (κ3) is 3.46. The van der Waals surface area contributed by atoms with Gasteiger partial charge in [0.2, 0.25) is 0 Å². The predicted octanol–water partition coefficient (Wildman–Crippen LogP) is 2.44. The minimum atomic E-state index is 0.804. The molecule has 0 radical (unpaired) electrons. The molecule has 2 heteroatoms. The predicted molar refractivity (Wildman–Crippen MR) is 65.1 cm³/mol. The van der Waals surface area contributed by atoms with Crippen LogP contribution in [0.1, 0.15) is 58.3 Å². The molecule has 0 aromatic heterocycles. The topological polar surface area (TPSA) is 24.1 Å². The summed E-state index contributed by atoms with van der Waals surface area (Å²) in [6, 6.07) is 2.45. The number of fused-ring (bicyclic) bond motifs is 2. The maximum Gasteiger partial charge on any atom is 0.00966 e. The summed E-state index contributed by atoms with van der Waals surface area (Å²) in [5.74, 6) is 0. The summed E-state index contributed by atoms with van der Waals surface area (Å²) in [5, 5.41) is 7.49. The second-order valence-electron chi connectivity index (χ2n) is 5.32. The second kappa shape index (κ2) is 5.86. The maximum absolute atomic E-state index is 3.74. The van der Waals surface area contributed by atoms with Gasteiger partial charge in [-0.3, -0.25) is 0 Å². The molecular formula is C13H26N2. The van der Waals surface area contributed by atoms with E-state index >= 15 is 0 Å². The molecule has 2 bridgehead atoms. The van der Waals surface area contributed by atoms with E-state index in [4.69, 9.17) is 0 Å². The molecule has 0 amide bonds. The summed E-state index contributed by atoms with van der Waals surface area (Å²) >= 11 is 0. The van der Waals surface area contributed by atoms with Crippen molar-refractivity contribution in [2.24, 2.45) is 0 Å². The monoisotopic (exact) mass is 210 g/mol. The van der Waals surface area contributed by atoms with Crippen molar-refractivity contribution in [2.45, 2.75) is 76.4 Å². The standard InChI is InChI=1S/C13H26N2/c1-2-3-4-8-14-13-9-11-6-5-7-12(10-13)15-11/h11-15H,2-10H2,1H3. The summed E-state index contributed by atoms with van der Waals surface area (Å²) in [6.45, 7) is 3.51. The zero-order valence-corrected chi connectivity index (χ0v) is 10.1. The van der Waals surface area contributed by atoms with Crippen LogP contribution in [0.4, 0.5) is 0 Å². The van der Waals surface area contributed by atoms with Crippen LogP contribution >= 0.6 is 0 Å². The molecule has 2 aliphatic heterocycles. The molecule has 2 heterocycles. The van der Waals surface area contributed by atoms with Crippen LogP contribution in [-0.2, 0) is 0 Å². The van der Waals surface area contributed by atoms with E-state index < -0.39 is 0 Å². The van der Waals surface area contributed by atoms with Crippen molar-refractivity contribution in [3.05, 3.63) is 0 Å². The Labute approximate surface area is 94.2 Å². The van der Waals surface area contributed by atoms with Gasteiger partial charge >= 0.3 is 0 Å². The lowest BCUT2D eigenvalue weighted by atomic mass is 9.84. The SMILES string of the molecule is CCCCCNC1CC2CCCC(C1)N2. The highest BCUT2D eigenvalue weighted by atomic mass is 15.0. The molecule has 2 rings (SSSR count). The first-order valence-electron chi connectivity index (χ1n) is 6.88. The number of piperidine rings is 2. The van der Waals surface area contributed by atoms with Gasteiger partial charge in [-0.2, -0.15) is 0 Å². The Bertz CT molecular complexity index is 169. The molecule has 88 valence electrons. The van der Waals surface area contributed by atoms with Crippen LogP contribution in [0.25, 0.3) is 0 Å². The Balaban J connectivity index is 1.65. The van der Waals surface area contributed by atoms with Gasteiger partial charge in [-0.05, 0) is 38.6 Å². The van der Waals surface area contributed by atoms with Crippen LogP contribution < -0.4 is 10.6 Å². The Morgan fingerprint density at radius 3 is 2.53 bits per heavy atom. The van der Waals surface area contributed by atoms with Crippen molar-refractivity contribution in [1.82, 2.24) is 10.6 Å². The summed E-state index contributed by atoms with van der Waals surface area (Å²) in [6.07, 6.45) is 11.1. The Kier molecular flexibility index (Phi) is 4.45. The number of hydrogen-bond donors (Lipinski definition) is 2. The maximum atomic E-state index is 3.74. The Morgan fingerprint density at radius 2 is 1.87 bits per heavy atom. The summed E-state index contributed by atoms with van der Waals surface area (Å²) in [7, 11) is 0. The highest BCUT2D eigenvalue weighted by molar-refractivity contribution is 4.92. The normalized spacial score (nSPS) is 35.4. The molecule has 2 unspecified atom stereocenters. The second-order valence-corrected chi connectivity index (χ2v) is 5.32. The zero-order valence-electron chi connectivity index (χ0n) is 10.1. The van der Waals surface area contributed by atoms with Gasteiger partial charge in [0.05, 0.1) is 0 Å². The van der Waals surface area contributed by atoms with E-state index in [1.54, 1.807) is 0 Å². The van der Waals surface area contributed by atoms with Crippen molar-refractivity contribution in [3.63, 3.8) is 0 Å². The molecule has 0 aliphatic carbocycles. The van der Waals surface area contributed by atoms with E-state index in [1.165, 1.54) is 57.9 Å². The average Bonchev–Trinajstić information content (AvgIpc) is 2.24. The zero-order chi connectivity index (χ0) is 10.5. The molecule has 2 nitrogen and oxygen atoms in total. The lowest BCUT2D eigenvalue weighted by molar-refractivity contribution is 0.202. The molecule has 0 aromatic rings. The van der Waals surface area contributed by atoms with Crippen LogP contribution in [0.3, 0.4) is 0 Å². The molecule has 0 spiro atoms. The fourth-order valence-corrected chi connectivity index (χ4v) is 3.11. The van der Waals surface area contributed by atoms with Crippen molar-refractivity contribution >= 4 is 0 Å². The van der Waals surface area contributed by atoms with Crippen molar-refractivity contribution in [2.75, 3.05) is 6.54 Å². The molecule has 2 fully saturated rings. The lowest BCUT2D eigenvalue weighted by Crippen LogP contribution is -2.53.